The molecule has 0 fully saturated rings. The molecule has 0 atom stereocenters. The lowest BCUT2D eigenvalue weighted by Gasteiger charge is -2.18. The fraction of sp³-hybridized carbons (Fsp3) is 0.136. The lowest BCUT2D eigenvalue weighted by atomic mass is 10.0. The average molecular weight is 379 g/mol. The van der Waals surface area contributed by atoms with Crippen molar-refractivity contribution in [3.8, 4) is 0 Å². The van der Waals surface area contributed by atoms with Crippen molar-refractivity contribution in [2.45, 2.75) is 13.8 Å². The van der Waals surface area contributed by atoms with Gasteiger partial charge in [-0.1, -0.05) is 24.3 Å². The van der Waals surface area contributed by atoms with Gasteiger partial charge in [0.2, 0.25) is 0 Å². The van der Waals surface area contributed by atoms with E-state index < -0.39 is 17.7 Å². The highest BCUT2D eigenvalue weighted by atomic mass is 19.1. The zero-order valence-corrected chi connectivity index (χ0v) is 15.7. The number of benzene rings is 2. The Balaban J connectivity index is 2.14. The first-order valence-corrected chi connectivity index (χ1v) is 8.55. The van der Waals surface area contributed by atoms with Gasteiger partial charge in [0.25, 0.3) is 5.91 Å². The van der Waals surface area contributed by atoms with Crippen LogP contribution in [0.25, 0.3) is 6.08 Å². The molecule has 0 aromatic heterocycles. The van der Waals surface area contributed by atoms with E-state index in [-0.39, 0.29) is 16.9 Å². The predicted octanol–water partition coefficient (Wildman–Crippen LogP) is 3.91. The van der Waals surface area contributed by atoms with E-state index >= 15 is 0 Å². The number of ketones is 1. The lowest BCUT2D eigenvalue weighted by Crippen LogP contribution is -2.24. The summed E-state index contributed by atoms with van der Waals surface area (Å²) in [7, 11) is 1.24. The summed E-state index contributed by atoms with van der Waals surface area (Å²) < 4.78 is 18.0. The van der Waals surface area contributed by atoms with Gasteiger partial charge in [-0.05, 0) is 49.8 Å². The van der Waals surface area contributed by atoms with Crippen molar-refractivity contribution in [2.24, 2.45) is 0 Å². The molecule has 1 aliphatic rings. The van der Waals surface area contributed by atoms with Crippen LogP contribution in [0.5, 0.6) is 0 Å². The van der Waals surface area contributed by atoms with Crippen LogP contribution in [-0.4, -0.2) is 24.8 Å². The molecular weight excluding hydrogens is 361 g/mol. The van der Waals surface area contributed by atoms with E-state index in [2.05, 4.69) is 0 Å². The summed E-state index contributed by atoms with van der Waals surface area (Å²) in [6, 6.07) is 12.2. The maximum atomic E-state index is 13.2. The van der Waals surface area contributed by atoms with Crippen LogP contribution in [0.2, 0.25) is 0 Å². The zero-order valence-electron chi connectivity index (χ0n) is 15.7. The molecule has 0 spiro atoms. The molecule has 1 amide bonds. The molecule has 28 heavy (non-hydrogen) atoms. The molecule has 1 heterocycles. The van der Waals surface area contributed by atoms with Crippen LogP contribution < -0.4 is 4.90 Å². The highest BCUT2D eigenvalue weighted by Gasteiger charge is 2.38. The molecule has 2 aromatic carbocycles. The molecule has 0 aliphatic carbocycles. The second-order valence-electron chi connectivity index (χ2n) is 6.31. The summed E-state index contributed by atoms with van der Waals surface area (Å²) in [5.41, 5.74) is 2.16. The van der Waals surface area contributed by atoms with Gasteiger partial charge in [-0.25, -0.2) is 9.18 Å². The van der Waals surface area contributed by atoms with Crippen LogP contribution in [0.1, 0.15) is 29.8 Å². The van der Waals surface area contributed by atoms with Crippen LogP contribution >= 0.6 is 0 Å². The quantitative estimate of drug-likeness (QED) is 0.459. The summed E-state index contributed by atoms with van der Waals surface area (Å²) in [4.78, 5) is 38.6. The topological polar surface area (TPSA) is 63.7 Å². The number of allylic oxidation sites excluding steroid dienone is 1. The highest BCUT2D eigenvalue weighted by Crippen LogP contribution is 2.35. The molecule has 2 aromatic rings. The fourth-order valence-electron chi connectivity index (χ4n) is 3.08. The van der Waals surface area contributed by atoms with E-state index in [9.17, 15) is 18.8 Å². The third-order valence-electron chi connectivity index (χ3n) is 4.48. The minimum Gasteiger partial charge on any atom is -0.465 e. The van der Waals surface area contributed by atoms with Crippen LogP contribution in [0, 0.1) is 5.82 Å². The molecule has 0 unspecified atom stereocenters. The summed E-state index contributed by atoms with van der Waals surface area (Å²) in [5.74, 6) is -1.61. The number of methoxy groups -OCH3 is 1. The van der Waals surface area contributed by atoms with Gasteiger partial charge in [0.1, 0.15) is 5.82 Å². The van der Waals surface area contributed by atoms with E-state index in [0.29, 0.717) is 22.5 Å². The molecule has 0 saturated carbocycles. The number of halogens is 1. The number of carbonyl (C=O) groups is 3. The molecular formula is C22H18FNO4. The Morgan fingerprint density at radius 1 is 1.11 bits per heavy atom. The van der Waals surface area contributed by atoms with E-state index in [1.807, 2.05) is 0 Å². The van der Waals surface area contributed by atoms with Gasteiger partial charge in [0.15, 0.2) is 5.78 Å². The Hall–Kier alpha value is -3.54. The Kier molecular flexibility index (Phi) is 5.22. The lowest BCUT2D eigenvalue weighted by molar-refractivity contribution is -0.136. The molecule has 5 nitrogen and oxygen atoms in total. The van der Waals surface area contributed by atoms with Gasteiger partial charge in [-0.2, -0.15) is 0 Å². The molecule has 0 bridgehead atoms. The Morgan fingerprint density at radius 3 is 2.39 bits per heavy atom. The number of esters is 1. The van der Waals surface area contributed by atoms with E-state index in [1.165, 1.54) is 49.3 Å². The van der Waals surface area contributed by atoms with Crippen LogP contribution in [0.4, 0.5) is 10.1 Å². The van der Waals surface area contributed by atoms with Crippen LogP contribution in [0.15, 0.2) is 65.4 Å². The monoisotopic (exact) mass is 379 g/mol. The molecule has 0 N–H and O–H groups in total. The number of ether oxygens (including phenoxy) is 1. The minimum absolute atomic E-state index is 0.130. The Morgan fingerprint density at radius 2 is 1.79 bits per heavy atom. The number of anilines is 1. The second-order valence-corrected chi connectivity index (χ2v) is 6.31. The second kappa shape index (κ2) is 7.60. The standard InChI is InChI=1S/C22H18FNO4/c1-13-20(22(27)28-3)19(11-15-7-9-17(23)10-8-15)21(26)24(13)18-6-4-5-16(12-18)14(2)25/h4-12H,1-3H3/b19-11-. The summed E-state index contributed by atoms with van der Waals surface area (Å²) in [6.07, 6.45) is 1.52. The number of rotatable bonds is 4. The van der Waals surface area contributed by atoms with E-state index in [4.69, 9.17) is 4.74 Å². The number of hydrogen-bond donors (Lipinski definition) is 0. The summed E-state index contributed by atoms with van der Waals surface area (Å²) in [6.45, 7) is 3.07. The first-order chi connectivity index (χ1) is 13.3. The fourth-order valence-corrected chi connectivity index (χ4v) is 3.08. The number of nitrogens with zero attached hydrogens (tertiary/aromatic N) is 1. The Bertz CT molecular complexity index is 1030. The van der Waals surface area contributed by atoms with E-state index in [1.54, 1.807) is 31.2 Å². The first-order valence-electron chi connectivity index (χ1n) is 8.55. The van der Waals surface area contributed by atoms with Gasteiger partial charge >= 0.3 is 5.97 Å². The molecule has 3 rings (SSSR count). The third-order valence-corrected chi connectivity index (χ3v) is 4.48. The number of carbonyl (C=O) groups excluding carboxylic acids is 3. The third kappa shape index (κ3) is 3.49. The number of amides is 1. The highest BCUT2D eigenvalue weighted by molar-refractivity contribution is 6.24. The molecule has 1 aliphatic heterocycles. The molecule has 0 radical (unpaired) electrons. The molecule has 0 saturated heterocycles. The first kappa shape index (κ1) is 19.2. The largest absolute Gasteiger partial charge is 0.465 e. The Labute approximate surface area is 161 Å². The summed E-state index contributed by atoms with van der Waals surface area (Å²) >= 11 is 0. The van der Waals surface area contributed by atoms with Crippen molar-refractivity contribution in [3.63, 3.8) is 0 Å². The molecule has 6 heteroatoms. The van der Waals surface area contributed by atoms with E-state index in [0.717, 1.165) is 0 Å². The van der Waals surface area contributed by atoms with Crippen molar-refractivity contribution in [2.75, 3.05) is 12.0 Å². The smallest absolute Gasteiger partial charge is 0.340 e. The van der Waals surface area contributed by atoms with Gasteiger partial charge in [0.05, 0.1) is 18.3 Å². The number of Topliss-reactive ketones (excluding diaryl/α,β-unsaturated/α-hetero) is 1. The van der Waals surface area contributed by atoms with Crippen LogP contribution in [-0.2, 0) is 14.3 Å². The predicted molar refractivity (Wildman–Crippen MR) is 103 cm³/mol. The van der Waals surface area contributed by atoms with Crippen LogP contribution in [0.3, 0.4) is 0 Å². The maximum absolute atomic E-state index is 13.2. The summed E-state index contributed by atoms with van der Waals surface area (Å²) in [5, 5.41) is 0. The minimum atomic E-state index is -0.649. The van der Waals surface area contributed by atoms with Crippen molar-refractivity contribution in [1.82, 2.24) is 0 Å². The average Bonchev–Trinajstić information content (AvgIpc) is 2.93. The van der Waals surface area contributed by atoms with Crippen molar-refractivity contribution in [3.05, 3.63) is 82.3 Å². The van der Waals surface area contributed by atoms with Gasteiger partial charge < -0.3 is 4.74 Å². The maximum Gasteiger partial charge on any atom is 0.340 e. The van der Waals surface area contributed by atoms with Crippen molar-refractivity contribution >= 4 is 29.4 Å². The number of hydrogen-bond acceptors (Lipinski definition) is 4. The van der Waals surface area contributed by atoms with Crippen molar-refractivity contribution in [1.29, 1.82) is 0 Å². The molecule has 142 valence electrons. The van der Waals surface area contributed by atoms with Gasteiger partial charge in [-0.15, -0.1) is 0 Å². The normalized spacial score (nSPS) is 15.4. The van der Waals surface area contributed by atoms with Gasteiger partial charge in [-0.3, -0.25) is 14.5 Å². The zero-order chi connectivity index (χ0) is 20.4. The SMILES string of the molecule is COC(=O)C1=C(C)N(c2cccc(C(C)=O)c2)C(=O)/C1=C\c1ccc(F)cc1. The van der Waals surface area contributed by atoms with Crippen molar-refractivity contribution < 1.29 is 23.5 Å². The van der Waals surface area contributed by atoms with Gasteiger partial charge in [0, 0.05) is 16.9 Å².